The number of aromatic nitrogens is 3. The van der Waals surface area contributed by atoms with Crippen molar-refractivity contribution < 1.29 is 31.0 Å². The Morgan fingerprint density at radius 2 is 1.49 bits per heavy atom. The second-order valence-electron chi connectivity index (χ2n) is 7.45. The average Bonchev–Trinajstić information content (AvgIpc) is 2.77. The Bertz CT molecular complexity index is 1780. The summed E-state index contributed by atoms with van der Waals surface area (Å²) in [5, 5.41) is 20.4. The van der Waals surface area contributed by atoms with Crippen molar-refractivity contribution in [3.8, 4) is 5.75 Å². The zero-order valence-electron chi connectivity index (χ0n) is 18.3. The minimum absolute atomic E-state index is 0.190. The molecular formula is C20H14Cl2N6O7S2. The van der Waals surface area contributed by atoms with E-state index in [9.17, 15) is 31.0 Å². The number of nitrogens with zero attached hydrogens (tertiary/aromatic N) is 5. The van der Waals surface area contributed by atoms with Gasteiger partial charge in [-0.25, -0.2) is 0 Å². The second-order valence-corrected chi connectivity index (χ2v) is 10.9. The predicted molar refractivity (Wildman–Crippen MR) is 134 cm³/mol. The lowest BCUT2D eigenvalue weighted by Crippen LogP contribution is -2.05. The topological polar surface area (TPSA) is 204 Å². The quantitative estimate of drug-likeness (QED) is 0.175. The van der Waals surface area contributed by atoms with Crippen molar-refractivity contribution in [3.63, 3.8) is 0 Å². The summed E-state index contributed by atoms with van der Waals surface area (Å²) in [7, 11) is -9.83. The van der Waals surface area contributed by atoms with Crippen LogP contribution in [-0.2, 0) is 20.2 Å². The van der Waals surface area contributed by atoms with E-state index in [2.05, 4.69) is 30.5 Å². The second kappa shape index (κ2) is 9.77. The summed E-state index contributed by atoms with van der Waals surface area (Å²) < 4.78 is 67.5. The van der Waals surface area contributed by atoms with Crippen molar-refractivity contribution in [1.29, 1.82) is 0 Å². The first-order valence-electron chi connectivity index (χ1n) is 9.83. The maximum Gasteiger partial charge on any atom is 0.296 e. The predicted octanol–water partition coefficient (Wildman–Crippen LogP) is 5.00. The highest BCUT2D eigenvalue weighted by Gasteiger charge is 2.26. The van der Waals surface area contributed by atoms with Crippen molar-refractivity contribution in [2.24, 2.45) is 10.2 Å². The van der Waals surface area contributed by atoms with Crippen LogP contribution < -0.4 is 5.32 Å². The number of anilines is 2. The normalized spacial score (nSPS) is 12.4. The number of hydrogen-bond donors (Lipinski definition) is 4. The Hall–Kier alpha value is -3.47. The van der Waals surface area contributed by atoms with Crippen molar-refractivity contribution >= 4 is 77.2 Å². The minimum Gasteiger partial charge on any atom is -0.505 e. The lowest BCUT2D eigenvalue weighted by atomic mass is 10.1. The molecule has 1 aromatic heterocycles. The average molecular weight is 585 g/mol. The Labute approximate surface area is 219 Å². The highest BCUT2D eigenvalue weighted by molar-refractivity contribution is 7.86. The van der Waals surface area contributed by atoms with E-state index in [0.29, 0.717) is 5.69 Å². The Kier molecular flexibility index (Phi) is 7.02. The molecule has 0 bridgehead atoms. The van der Waals surface area contributed by atoms with Crippen LogP contribution in [0.3, 0.4) is 0 Å². The van der Waals surface area contributed by atoms with Crippen LogP contribution in [0.2, 0.25) is 10.6 Å². The van der Waals surface area contributed by atoms with Crippen LogP contribution >= 0.6 is 23.2 Å². The van der Waals surface area contributed by atoms with E-state index in [1.165, 1.54) is 0 Å². The van der Waals surface area contributed by atoms with Gasteiger partial charge in [0.2, 0.25) is 16.5 Å². The van der Waals surface area contributed by atoms with Gasteiger partial charge >= 0.3 is 0 Å². The summed E-state index contributed by atoms with van der Waals surface area (Å²) in [4.78, 5) is 9.61. The van der Waals surface area contributed by atoms with Gasteiger partial charge in [-0.3, -0.25) is 9.11 Å². The summed E-state index contributed by atoms with van der Waals surface area (Å²) in [6, 6.07) is 9.26. The third-order valence-electron chi connectivity index (χ3n) is 4.83. The van der Waals surface area contributed by atoms with Crippen LogP contribution in [0.4, 0.5) is 23.0 Å². The molecule has 1 heterocycles. The summed E-state index contributed by atoms with van der Waals surface area (Å²) in [6.45, 7) is 1.84. The van der Waals surface area contributed by atoms with Gasteiger partial charge in [-0.05, 0) is 65.8 Å². The van der Waals surface area contributed by atoms with Gasteiger partial charge in [0.05, 0.1) is 16.3 Å². The molecule has 4 rings (SSSR count). The largest absolute Gasteiger partial charge is 0.505 e. The SMILES string of the molecule is Cc1ccc(N=Nc2c(S(=O)(=O)O)cc3cc(S(=O)(=O)O)cc(Nc4nc(Cl)nc(Cl)n4)c3c2O)cc1. The monoisotopic (exact) mass is 584 g/mol. The molecule has 0 radical (unpaired) electrons. The third-order valence-corrected chi connectivity index (χ3v) is 6.86. The summed E-state index contributed by atoms with van der Waals surface area (Å²) in [5.74, 6) is -1.09. The number of halogens is 2. The van der Waals surface area contributed by atoms with Crippen molar-refractivity contribution in [2.75, 3.05) is 5.32 Å². The van der Waals surface area contributed by atoms with Crippen LogP contribution in [-0.4, -0.2) is 46.0 Å². The van der Waals surface area contributed by atoms with Crippen LogP contribution in [0, 0.1) is 6.92 Å². The molecule has 0 atom stereocenters. The van der Waals surface area contributed by atoms with Gasteiger partial charge in [-0.15, -0.1) is 5.11 Å². The lowest BCUT2D eigenvalue weighted by Gasteiger charge is -2.15. The molecule has 3 aromatic carbocycles. The minimum atomic E-state index is -5.00. The van der Waals surface area contributed by atoms with Crippen molar-refractivity contribution in [1.82, 2.24) is 15.0 Å². The molecule has 0 saturated heterocycles. The molecule has 192 valence electrons. The fraction of sp³-hybridized carbons (Fsp3) is 0.0500. The molecule has 0 spiro atoms. The molecule has 0 aliphatic rings. The molecule has 0 aliphatic heterocycles. The number of aryl methyl sites for hydroxylation is 1. The molecule has 13 nitrogen and oxygen atoms in total. The highest BCUT2D eigenvalue weighted by Crippen LogP contribution is 2.45. The summed E-state index contributed by atoms with van der Waals surface area (Å²) in [6.07, 6.45) is 0. The van der Waals surface area contributed by atoms with Crippen LogP contribution in [0.5, 0.6) is 5.75 Å². The van der Waals surface area contributed by atoms with Gasteiger partial charge in [-0.1, -0.05) is 17.7 Å². The molecule has 0 fully saturated rings. The summed E-state index contributed by atoms with van der Waals surface area (Å²) >= 11 is 11.6. The number of phenolic OH excluding ortho intramolecular Hbond substituents is 1. The molecule has 37 heavy (non-hydrogen) atoms. The number of aromatic hydroxyl groups is 1. The summed E-state index contributed by atoms with van der Waals surface area (Å²) in [5.41, 5.74) is 0.357. The van der Waals surface area contributed by atoms with Crippen LogP contribution in [0.25, 0.3) is 10.8 Å². The molecule has 17 heteroatoms. The van der Waals surface area contributed by atoms with Gasteiger partial charge in [0, 0.05) is 5.39 Å². The van der Waals surface area contributed by atoms with Crippen LogP contribution in [0.1, 0.15) is 5.56 Å². The molecule has 0 aliphatic carbocycles. The van der Waals surface area contributed by atoms with Gasteiger partial charge in [0.15, 0.2) is 5.75 Å². The number of fused-ring (bicyclic) bond motifs is 1. The van der Waals surface area contributed by atoms with E-state index < -0.39 is 41.5 Å². The zero-order valence-corrected chi connectivity index (χ0v) is 21.5. The maximum atomic E-state index is 12.1. The number of benzene rings is 3. The number of hydrogen-bond acceptors (Lipinski definition) is 11. The van der Waals surface area contributed by atoms with Gasteiger partial charge in [-0.2, -0.15) is 36.9 Å². The number of azo groups is 1. The Balaban J connectivity index is 2.03. The zero-order chi connectivity index (χ0) is 27.1. The van der Waals surface area contributed by atoms with E-state index in [-0.39, 0.29) is 33.0 Å². The molecule has 4 N–H and O–H groups in total. The first-order chi connectivity index (χ1) is 17.2. The fourth-order valence-electron chi connectivity index (χ4n) is 3.22. The smallest absolute Gasteiger partial charge is 0.296 e. The van der Waals surface area contributed by atoms with E-state index in [0.717, 1.165) is 23.8 Å². The lowest BCUT2D eigenvalue weighted by molar-refractivity contribution is 0.472. The van der Waals surface area contributed by atoms with E-state index in [1.54, 1.807) is 24.3 Å². The van der Waals surface area contributed by atoms with Crippen molar-refractivity contribution in [2.45, 2.75) is 16.7 Å². The fourth-order valence-corrected chi connectivity index (χ4v) is 4.79. The van der Waals surface area contributed by atoms with E-state index in [1.807, 2.05) is 6.92 Å². The van der Waals surface area contributed by atoms with Gasteiger partial charge in [0.1, 0.15) is 10.6 Å². The molecular weight excluding hydrogens is 571 g/mol. The van der Waals surface area contributed by atoms with Gasteiger partial charge in [0.25, 0.3) is 20.2 Å². The molecule has 0 saturated carbocycles. The molecule has 4 aromatic rings. The number of phenols is 1. The van der Waals surface area contributed by atoms with E-state index >= 15 is 0 Å². The Morgan fingerprint density at radius 1 is 0.865 bits per heavy atom. The number of rotatable bonds is 6. The third kappa shape index (κ3) is 5.93. The highest BCUT2D eigenvalue weighted by atomic mass is 35.5. The standard InChI is InChI=1S/C20H14Cl2N6O7S2/c1-9-2-4-11(5-3-9)27-28-16-14(37(33,34)35)7-10-6-12(36(30,31)32)8-13(15(10)17(16)29)23-20-25-18(21)24-19(22)26-20/h2-8,29H,1H3,(H,30,31,32)(H,33,34,35)(H,23,24,25,26). The van der Waals surface area contributed by atoms with Gasteiger partial charge < -0.3 is 10.4 Å². The van der Waals surface area contributed by atoms with E-state index in [4.69, 9.17) is 23.2 Å². The van der Waals surface area contributed by atoms with Crippen molar-refractivity contribution in [3.05, 3.63) is 58.6 Å². The maximum absolute atomic E-state index is 12.1. The molecule has 0 amide bonds. The molecule has 0 unspecified atom stereocenters. The Morgan fingerprint density at radius 3 is 2.05 bits per heavy atom. The first-order valence-corrected chi connectivity index (χ1v) is 13.5. The van der Waals surface area contributed by atoms with Crippen LogP contribution in [0.15, 0.2) is 62.5 Å². The number of nitrogens with one attached hydrogen (secondary N) is 1. The first kappa shape index (κ1) is 26.6.